The molecule has 0 saturated carbocycles. The molecule has 2 N–H and O–H groups in total. The molecule has 1 aliphatic rings. The zero-order valence-electron chi connectivity index (χ0n) is 16.0. The number of pyridine rings is 2. The van der Waals surface area contributed by atoms with E-state index in [9.17, 15) is 14.7 Å². The molecular weight excluding hydrogens is 380 g/mol. The van der Waals surface area contributed by atoms with Crippen LogP contribution in [0.15, 0.2) is 61.1 Å². The van der Waals surface area contributed by atoms with Gasteiger partial charge in [0.25, 0.3) is 11.8 Å². The summed E-state index contributed by atoms with van der Waals surface area (Å²) in [6.07, 6.45) is 5.75. The van der Waals surface area contributed by atoms with Crippen molar-refractivity contribution >= 4 is 44.9 Å². The number of aryl methyl sites for hydroxylation is 1. The first-order valence-electron chi connectivity index (χ1n) is 9.68. The van der Waals surface area contributed by atoms with E-state index >= 15 is 0 Å². The number of aromatic nitrogens is 3. The van der Waals surface area contributed by atoms with Crippen LogP contribution in [0, 0.1) is 0 Å². The van der Waals surface area contributed by atoms with Crippen LogP contribution in [-0.4, -0.2) is 38.1 Å². The third-order valence-corrected chi connectivity index (χ3v) is 5.29. The fourth-order valence-electron chi connectivity index (χ4n) is 4.01. The summed E-state index contributed by atoms with van der Waals surface area (Å²) in [5.74, 6) is -0.874. The summed E-state index contributed by atoms with van der Waals surface area (Å²) in [6, 6.07) is 13.0. The lowest BCUT2D eigenvalue weighted by Crippen LogP contribution is -2.22. The van der Waals surface area contributed by atoms with Crippen LogP contribution in [-0.2, 0) is 16.1 Å². The van der Waals surface area contributed by atoms with Gasteiger partial charge in [0, 0.05) is 53.6 Å². The molecule has 1 aliphatic heterocycles. The predicted octanol–water partition coefficient (Wildman–Crippen LogP) is 2.53. The Labute approximate surface area is 171 Å². The number of fused-ring (bicyclic) bond motifs is 2. The summed E-state index contributed by atoms with van der Waals surface area (Å²) < 4.78 is 1.91. The van der Waals surface area contributed by atoms with Gasteiger partial charge in [0.15, 0.2) is 0 Å². The Morgan fingerprint density at radius 2 is 1.63 bits per heavy atom. The van der Waals surface area contributed by atoms with Crippen molar-refractivity contribution in [3.05, 3.63) is 72.2 Å². The highest BCUT2D eigenvalue weighted by Crippen LogP contribution is 2.37. The average molecular weight is 398 g/mol. The lowest BCUT2D eigenvalue weighted by Gasteiger charge is -2.07. The minimum atomic E-state index is -0.437. The largest absolute Gasteiger partial charge is 0.396 e. The molecule has 1 aromatic carbocycles. The van der Waals surface area contributed by atoms with Crippen LogP contribution in [0.5, 0.6) is 0 Å². The maximum absolute atomic E-state index is 12.9. The number of aliphatic hydroxyl groups excluding tert-OH is 1. The van der Waals surface area contributed by atoms with Crippen LogP contribution in [0.1, 0.15) is 17.5 Å². The molecule has 4 heterocycles. The third-order valence-electron chi connectivity index (χ3n) is 5.29. The highest BCUT2D eigenvalue weighted by molar-refractivity contribution is 6.50. The van der Waals surface area contributed by atoms with E-state index in [-0.39, 0.29) is 6.61 Å². The first kappa shape index (κ1) is 18.2. The second-order valence-electron chi connectivity index (χ2n) is 7.10. The number of para-hydroxylation sites is 1. The molecule has 5 rings (SSSR count). The number of amides is 2. The number of nitrogens with one attached hydrogen (secondary N) is 1. The molecule has 0 saturated heterocycles. The Bertz CT molecular complexity index is 1350. The summed E-state index contributed by atoms with van der Waals surface area (Å²) in [4.78, 5) is 34.6. The van der Waals surface area contributed by atoms with Gasteiger partial charge in [-0.1, -0.05) is 24.3 Å². The molecule has 0 spiro atoms. The minimum Gasteiger partial charge on any atom is -0.396 e. The summed E-state index contributed by atoms with van der Waals surface area (Å²) in [5.41, 5.74) is 3.26. The van der Waals surface area contributed by atoms with Crippen molar-refractivity contribution < 1.29 is 14.7 Å². The van der Waals surface area contributed by atoms with Crippen molar-refractivity contribution in [2.75, 3.05) is 6.61 Å². The van der Waals surface area contributed by atoms with Crippen molar-refractivity contribution in [2.45, 2.75) is 13.0 Å². The van der Waals surface area contributed by atoms with Crippen LogP contribution < -0.4 is 5.32 Å². The van der Waals surface area contributed by atoms with Gasteiger partial charge in [-0.15, -0.1) is 0 Å². The molecule has 0 unspecified atom stereocenters. The SMILES string of the molecule is O=C1NC(=O)C(c2cccc3cccnc23)=C1c1cn(CCCO)c2ncccc12. The normalized spacial score (nSPS) is 14.2. The number of nitrogens with zero attached hydrogens (tertiary/aromatic N) is 3. The number of hydrogen-bond acceptors (Lipinski definition) is 5. The lowest BCUT2D eigenvalue weighted by atomic mass is 9.94. The zero-order valence-corrected chi connectivity index (χ0v) is 16.0. The number of benzene rings is 1. The van der Waals surface area contributed by atoms with E-state index in [2.05, 4.69) is 15.3 Å². The van der Waals surface area contributed by atoms with Gasteiger partial charge >= 0.3 is 0 Å². The summed E-state index contributed by atoms with van der Waals surface area (Å²) in [5, 5.41) is 13.3. The van der Waals surface area contributed by atoms with Gasteiger partial charge in [-0.3, -0.25) is 19.9 Å². The molecule has 3 aromatic heterocycles. The van der Waals surface area contributed by atoms with E-state index in [0.717, 1.165) is 10.8 Å². The van der Waals surface area contributed by atoms with Crippen molar-refractivity contribution in [1.82, 2.24) is 19.9 Å². The molecule has 0 bridgehead atoms. The van der Waals surface area contributed by atoms with E-state index in [0.29, 0.717) is 46.4 Å². The molecule has 0 fully saturated rings. The van der Waals surface area contributed by atoms with Gasteiger partial charge in [0.05, 0.1) is 16.7 Å². The standard InChI is InChI=1S/C23H18N4O3/c28-12-4-11-27-13-17(15-8-3-10-25-21(15)27)19-18(22(29)26-23(19)30)16-7-1-5-14-6-2-9-24-20(14)16/h1-3,5-10,13,28H,4,11-12H2,(H,26,29,30). The average Bonchev–Trinajstić information content (AvgIpc) is 3.27. The summed E-state index contributed by atoms with van der Waals surface area (Å²) >= 11 is 0. The van der Waals surface area contributed by atoms with Gasteiger partial charge in [0.1, 0.15) is 5.65 Å². The monoisotopic (exact) mass is 398 g/mol. The molecular formula is C23H18N4O3. The maximum atomic E-state index is 12.9. The topological polar surface area (TPSA) is 97.1 Å². The van der Waals surface area contributed by atoms with Gasteiger partial charge in [0.2, 0.25) is 0 Å². The minimum absolute atomic E-state index is 0.0520. The number of rotatable bonds is 5. The Morgan fingerprint density at radius 3 is 2.47 bits per heavy atom. The second-order valence-corrected chi connectivity index (χ2v) is 7.10. The zero-order chi connectivity index (χ0) is 20.7. The highest BCUT2D eigenvalue weighted by Gasteiger charge is 2.34. The molecule has 0 radical (unpaired) electrons. The quantitative estimate of drug-likeness (QED) is 0.504. The first-order valence-corrected chi connectivity index (χ1v) is 9.68. The van der Waals surface area contributed by atoms with Gasteiger partial charge in [-0.25, -0.2) is 4.98 Å². The second kappa shape index (κ2) is 7.20. The molecule has 0 atom stereocenters. The van der Waals surface area contributed by atoms with E-state index in [4.69, 9.17) is 0 Å². The van der Waals surface area contributed by atoms with Crippen molar-refractivity contribution in [3.63, 3.8) is 0 Å². The Balaban J connectivity index is 1.81. The Hall–Kier alpha value is -3.84. The number of carbonyl (C=O) groups excluding carboxylic acids is 2. The summed E-state index contributed by atoms with van der Waals surface area (Å²) in [6.45, 7) is 0.606. The fourth-order valence-corrected chi connectivity index (χ4v) is 4.01. The molecule has 7 heteroatoms. The fraction of sp³-hybridized carbons (Fsp3) is 0.130. The van der Waals surface area contributed by atoms with Crippen LogP contribution in [0.2, 0.25) is 0 Å². The number of aliphatic hydroxyl groups is 1. The third kappa shape index (κ3) is 2.79. The van der Waals surface area contributed by atoms with E-state index < -0.39 is 11.8 Å². The first-order chi connectivity index (χ1) is 14.7. The summed E-state index contributed by atoms with van der Waals surface area (Å²) in [7, 11) is 0. The van der Waals surface area contributed by atoms with Gasteiger partial charge in [-0.05, 0) is 24.6 Å². The van der Waals surface area contributed by atoms with E-state index in [1.54, 1.807) is 18.5 Å². The van der Waals surface area contributed by atoms with Gasteiger partial charge < -0.3 is 9.67 Å². The Kier molecular flexibility index (Phi) is 4.37. The van der Waals surface area contributed by atoms with Crippen LogP contribution in [0.25, 0.3) is 33.1 Å². The molecule has 30 heavy (non-hydrogen) atoms. The van der Waals surface area contributed by atoms with E-state index in [1.165, 1.54) is 0 Å². The van der Waals surface area contributed by atoms with Gasteiger partial charge in [-0.2, -0.15) is 0 Å². The highest BCUT2D eigenvalue weighted by atomic mass is 16.3. The smallest absolute Gasteiger partial charge is 0.259 e. The van der Waals surface area contributed by atoms with Crippen molar-refractivity contribution in [1.29, 1.82) is 0 Å². The maximum Gasteiger partial charge on any atom is 0.259 e. The molecule has 148 valence electrons. The molecule has 7 nitrogen and oxygen atoms in total. The Morgan fingerprint density at radius 1 is 0.900 bits per heavy atom. The van der Waals surface area contributed by atoms with Crippen molar-refractivity contribution in [3.8, 4) is 0 Å². The number of imide groups is 1. The van der Waals surface area contributed by atoms with Crippen LogP contribution >= 0.6 is 0 Å². The molecule has 0 aliphatic carbocycles. The van der Waals surface area contributed by atoms with E-state index in [1.807, 2.05) is 47.2 Å². The lowest BCUT2D eigenvalue weighted by molar-refractivity contribution is -0.122. The number of hydrogen-bond donors (Lipinski definition) is 2. The molecule has 4 aromatic rings. The van der Waals surface area contributed by atoms with Crippen LogP contribution in [0.3, 0.4) is 0 Å². The predicted molar refractivity (Wildman–Crippen MR) is 113 cm³/mol. The van der Waals surface area contributed by atoms with Crippen molar-refractivity contribution in [2.24, 2.45) is 0 Å². The number of carbonyl (C=O) groups is 2. The molecule has 2 amide bonds. The van der Waals surface area contributed by atoms with Crippen LogP contribution in [0.4, 0.5) is 0 Å².